The monoisotopic (exact) mass is 630 g/mol. The Hall–Kier alpha value is -4.29. The summed E-state index contributed by atoms with van der Waals surface area (Å²) in [6.45, 7) is 4.34. The molecule has 1 amide bonds. The molecule has 3 aliphatic rings. The predicted octanol–water partition coefficient (Wildman–Crippen LogP) is 7.50. The van der Waals surface area contributed by atoms with Crippen LogP contribution in [0.15, 0.2) is 108 Å². The van der Waals surface area contributed by atoms with Gasteiger partial charge < -0.3 is 10.2 Å². The van der Waals surface area contributed by atoms with Crippen molar-refractivity contribution in [1.29, 1.82) is 0 Å². The lowest BCUT2D eigenvalue weighted by Gasteiger charge is -2.37. The van der Waals surface area contributed by atoms with E-state index in [2.05, 4.69) is 35.1 Å². The second kappa shape index (κ2) is 10.5. The van der Waals surface area contributed by atoms with Crippen molar-refractivity contribution < 1.29 is 14.4 Å². The van der Waals surface area contributed by atoms with E-state index in [0.717, 1.165) is 27.7 Å². The number of carbonyl (C=O) groups excluding carboxylic acids is 3. The zero-order valence-electron chi connectivity index (χ0n) is 24.0. The van der Waals surface area contributed by atoms with Crippen LogP contribution >= 0.6 is 15.9 Å². The number of para-hydroxylation sites is 2. The molecule has 214 valence electrons. The maximum atomic E-state index is 14.9. The first-order valence-corrected chi connectivity index (χ1v) is 15.5. The summed E-state index contributed by atoms with van der Waals surface area (Å²) in [7, 11) is 0. The van der Waals surface area contributed by atoms with Gasteiger partial charge in [0.2, 0.25) is 5.91 Å². The molecule has 4 aromatic rings. The van der Waals surface area contributed by atoms with Crippen LogP contribution in [0.1, 0.15) is 51.3 Å². The highest BCUT2D eigenvalue weighted by Crippen LogP contribution is 2.58. The van der Waals surface area contributed by atoms with E-state index < -0.39 is 23.4 Å². The number of rotatable bonds is 6. The number of ketones is 2. The van der Waals surface area contributed by atoms with Gasteiger partial charge >= 0.3 is 0 Å². The van der Waals surface area contributed by atoms with Crippen molar-refractivity contribution in [3.05, 3.63) is 135 Å². The first kappa shape index (κ1) is 27.5. The molecule has 3 aliphatic heterocycles. The standard InChI is InChI=1S/C37H31BrN2O3/c1-22(2)21-23-11-13-25(14-12-23)33(41)32-31-20-17-24-7-3-6-10-30(24)40(31)35(34(42)26-15-18-27(38)19-16-26)37(32)28-8-4-5-9-29(28)39-36(37)43/h3-20,22,31-32,35H,21H2,1-2H3,(H,39,43). The van der Waals surface area contributed by atoms with Crippen LogP contribution in [0.4, 0.5) is 11.4 Å². The van der Waals surface area contributed by atoms with Crippen molar-refractivity contribution >= 4 is 50.9 Å². The Kier molecular flexibility index (Phi) is 6.70. The number of hydrogen-bond donors (Lipinski definition) is 1. The molecule has 1 N–H and O–H groups in total. The van der Waals surface area contributed by atoms with Gasteiger partial charge in [0.25, 0.3) is 0 Å². The van der Waals surface area contributed by atoms with Crippen molar-refractivity contribution in [2.75, 3.05) is 10.2 Å². The first-order chi connectivity index (χ1) is 20.8. The van der Waals surface area contributed by atoms with E-state index >= 15 is 0 Å². The van der Waals surface area contributed by atoms with Crippen LogP contribution in [0.2, 0.25) is 0 Å². The van der Waals surface area contributed by atoms with E-state index in [4.69, 9.17) is 0 Å². The van der Waals surface area contributed by atoms with Crippen LogP contribution in [0.3, 0.4) is 0 Å². The lowest BCUT2D eigenvalue weighted by molar-refractivity contribution is -0.121. The second-order valence-corrected chi connectivity index (χ2v) is 13.0. The fourth-order valence-corrected chi connectivity index (χ4v) is 7.63. The third kappa shape index (κ3) is 4.22. The van der Waals surface area contributed by atoms with E-state index in [1.54, 1.807) is 12.1 Å². The number of carbonyl (C=O) groups is 3. The molecule has 0 saturated carbocycles. The first-order valence-electron chi connectivity index (χ1n) is 14.7. The zero-order chi connectivity index (χ0) is 29.9. The number of benzene rings is 4. The number of fused-ring (bicyclic) bond motifs is 5. The van der Waals surface area contributed by atoms with Gasteiger partial charge in [0.05, 0.1) is 12.0 Å². The molecule has 0 aromatic heterocycles. The maximum Gasteiger partial charge on any atom is 0.238 e. The molecule has 0 bridgehead atoms. The fraction of sp³-hybridized carbons (Fsp3) is 0.216. The Morgan fingerprint density at radius 2 is 1.51 bits per heavy atom. The molecule has 0 radical (unpaired) electrons. The molecular weight excluding hydrogens is 600 g/mol. The van der Waals surface area contributed by atoms with Crippen LogP contribution in [0.25, 0.3) is 6.08 Å². The SMILES string of the molecule is CC(C)Cc1ccc(C(=O)C2C3C=Cc4ccccc4N3C(C(=O)c3ccc(Br)cc3)C23C(=O)Nc2ccccc23)cc1. The van der Waals surface area contributed by atoms with Gasteiger partial charge in [-0.3, -0.25) is 14.4 Å². The molecule has 3 heterocycles. The molecule has 1 saturated heterocycles. The second-order valence-electron chi connectivity index (χ2n) is 12.1. The number of halogens is 1. The molecule has 7 rings (SSSR count). The van der Waals surface area contributed by atoms with Crippen LogP contribution in [-0.2, 0) is 16.6 Å². The van der Waals surface area contributed by atoms with Crippen LogP contribution in [0.5, 0.6) is 0 Å². The predicted molar refractivity (Wildman–Crippen MR) is 174 cm³/mol. The van der Waals surface area contributed by atoms with Gasteiger partial charge in [0.15, 0.2) is 11.6 Å². The highest BCUT2D eigenvalue weighted by molar-refractivity contribution is 9.10. The lowest BCUT2D eigenvalue weighted by atomic mass is 9.63. The van der Waals surface area contributed by atoms with Gasteiger partial charge in [-0.15, -0.1) is 0 Å². The zero-order valence-corrected chi connectivity index (χ0v) is 25.5. The largest absolute Gasteiger partial charge is 0.352 e. The summed E-state index contributed by atoms with van der Waals surface area (Å²) in [5.74, 6) is -1.02. The number of Topliss-reactive ketones (excluding diaryl/α,β-unsaturated/α-hetero) is 2. The summed E-state index contributed by atoms with van der Waals surface area (Å²) >= 11 is 3.48. The summed E-state index contributed by atoms with van der Waals surface area (Å²) in [4.78, 5) is 46.3. The number of anilines is 2. The van der Waals surface area contributed by atoms with E-state index in [1.165, 1.54) is 0 Å². The Labute approximate surface area is 259 Å². The Balaban J connectivity index is 1.48. The van der Waals surface area contributed by atoms with Crippen LogP contribution in [0, 0.1) is 11.8 Å². The minimum absolute atomic E-state index is 0.145. The van der Waals surface area contributed by atoms with Crippen molar-refractivity contribution in [2.24, 2.45) is 11.8 Å². The molecule has 5 nitrogen and oxygen atoms in total. The Bertz CT molecular complexity index is 1790. The van der Waals surface area contributed by atoms with Gasteiger partial charge in [0, 0.05) is 27.0 Å². The molecule has 4 unspecified atom stereocenters. The van der Waals surface area contributed by atoms with Crippen LogP contribution in [-0.4, -0.2) is 29.6 Å². The normalized spacial score (nSPS) is 23.2. The lowest BCUT2D eigenvalue weighted by Crippen LogP contribution is -2.55. The third-order valence-electron chi connectivity index (χ3n) is 9.09. The Morgan fingerprint density at radius 1 is 0.860 bits per heavy atom. The van der Waals surface area contributed by atoms with Crippen molar-refractivity contribution in [1.82, 2.24) is 0 Å². The topological polar surface area (TPSA) is 66.5 Å². The minimum atomic E-state index is -1.46. The average molecular weight is 632 g/mol. The average Bonchev–Trinajstić information content (AvgIpc) is 3.48. The van der Waals surface area contributed by atoms with Gasteiger partial charge in [-0.2, -0.15) is 0 Å². The minimum Gasteiger partial charge on any atom is -0.352 e. The van der Waals surface area contributed by atoms with Gasteiger partial charge in [-0.1, -0.05) is 115 Å². The summed E-state index contributed by atoms with van der Waals surface area (Å²) in [6.07, 6.45) is 4.93. The number of nitrogens with one attached hydrogen (secondary N) is 1. The third-order valence-corrected chi connectivity index (χ3v) is 9.62. The van der Waals surface area contributed by atoms with Crippen molar-refractivity contribution in [2.45, 2.75) is 37.8 Å². The molecule has 4 aromatic carbocycles. The summed E-state index contributed by atoms with van der Waals surface area (Å²) < 4.78 is 0.854. The summed E-state index contributed by atoms with van der Waals surface area (Å²) in [6, 6.07) is 28.9. The number of hydrogen-bond acceptors (Lipinski definition) is 4. The fourth-order valence-electron chi connectivity index (χ4n) is 7.37. The molecule has 1 spiro atoms. The van der Waals surface area contributed by atoms with Crippen molar-refractivity contribution in [3.63, 3.8) is 0 Å². The maximum absolute atomic E-state index is 14.9. The molecule has 1 fully saturated rings. The highest BCUT2D eigenvalue weighted by Gasteiger charge is 2.70. The molecular formula is C37H31BrN2O3. The van der Waals surface area contributed by atoms with Gasteiger partial charge in [-0.25, -0.2) is 0 Å². The molecule has 43 heavy (non-hydrogen) atoms. The number of nitrogens with zero attached hydrogens (tertiary/aromatic N) is 1. The summed E-state index contributed by atoms with van der Waals surface area (Å²) in [5.41, 5.74) is 3.84. The van der Waals surface area contributed by atoms with Gasteiger partial charge in [0.1, 0.15) is 11.5 Å². The molecule has 4 atom stereocenters. The summed E-state index contributed by atoms with van der Waals surface area (Å²) in [5, 5.41) is 3.07. The number of amides is 1. The van der Waals surface area contributed by atoms with Crippen molar-refractivity contribution in [3.8, 4) is 0 Å². The van der Waals surface area contributed by atoms with E-state index in [-0.39, 0.29) is 17.5 Å². The quantitative estimate of drug-likeness (QED) is 0.224. The highest BCUT2D eigenvalue weighted by atomic mass is 79.9. The van der Waals surface area contributed by atoms with Gasteiger partial charge in [-0.05, 0) is 53.3 Å². The van der Waals surface area contributed by atoms with E-state index in [1.807, 2.05) is 102 Å². The molecule has 0 aliphatic carbocycles. The van der Waals surface area contributed by atoms with E-state index in [0.29, 0.717) is 28.3 Å². The van der Waals surface area contributed by atoms with E-state index in [9.17, 15) is 14.4 Å². The molecule has 6 heteroatoms. The van der Waals surface area contributed by atoms with Crippen LogP contribution < -0.4 is 10.2 Å². The Morgan fingerprint density at radius 3 is 2.26 bits per heavy atom. The smallest absolute Gasteiger partial charge is 0.238 e.